The number of hydrogen-bond acceptors (Lipinski definition) is 5. The van der Waals surface area contributed by atoms with Gasteiger partial charge in [-0.25, -0.2) is 0 Å². The number of unbranched alkanes of at least 4 members (excludes halogenated alkanes) is 43. The summed E-state index contributed by atoms with van der Waals surface area (Å²) in [7, 11) is 0. The largest absolute Gasteiger partial charge is 0.466 e. The highest BCUT2D eigenvalue weighted by Crippen LogP contribution is 2.18. The molecule has 408 valence electrons. The van der Waals surface area contributed by atoms with Crippen molar-refractivity contribution in [1.29, 1.82) is 0 Å². The lowest BCUT2D eigenvalue weighted by atomic mass is 10.0. The molecule has 0 aromatic heterocycles. The van der Waals surface area contributed by atoms with Crippen LogP contribution in [0.1, 0.15) is 341 Å². The van der Waals surface area contributed by atoms with Crippen molar-refractivity contribution in [3.8, 4) is 0 Å². The number of aliphatic hydroxyl groups is 2. The van der Waals surface area contributed by atoms with E-state index in [1.54, 1.807) is 0 Å². The summed E-state index contributed by atoms with van der Waals surface area (Å²) in [6.45, 7) is 4.91. The van der Waals surface area contributed by atoms with Crippen molar-refractivity contribution in [1.82, 2.24) is 5.32 Å². The van der Waals surface area contributed by atoms with Gasteiger partial charge in [0.25, 0.3) is 0 Å². The van der Waals surface area contributed by atoms with Crippen molar-refractivity contribution >= 4 is 11.9 Å². The van der Waals surface area contributed by atoms with Crippen molar-refractivity contribution < 1.29 is 24.5 Å². The van der Waals surface area contributed by atoms with Crippen molar-refractivity contribution in [2.24, 2.45) is 0 Å². The zero-order chi connectivity index (χ0) is 50.0. The number of rotatable bonds is 58. The van der Waals surface area contributed by atoms with Gasteiger partial charge in [-0.05, 0) is 51.4 Å². The molecule has 0 rings (SSSR count). The molecule has 0 fully saturated rings. The van der Waals surface area contributed by atoms with E-state index in [-0.39, 0.29) is 18.5 Å². The maximum Gasteiger partial charge on any atom is 0.305 e. The van der Waals surface area contributed by atoms with Crippen molar-refractivity contribution in [2.75, 3.05) is 13.2 Å². The molecule has 0 radical (unpaired) electrons. The Balaban J connectivity index is 3.33. The van der Waals surface area contributed by atoms with Crippen LogP contribution in [0.15, 0.2) is 24.3 Å². The van der Waals surface area contributed by atoms with E-state index in [9.17, 15) is 19.8 Å². The van der Waals surface area contributed by atoms with Crippen molar-refractivity contribution in [3.05, 3.63) is 24.3 Å². The summed E-state index contributed by atoms with van der Waals surface area (Å²) in [5, 5.41) is 23.2. The summed E-state index contributed by atoms with van der Waals surface area (Å²) < 4.78 is 5.48. The minimum atomic E-state index is -0.660. The molecule has 0 aromatic rings. The molecule has 2 unspecified atom stereocenters. The highest BCUT2D eigenvalue weighted by molar-refractivity contribution is 5.76. The van der Waals surface area contributed by atoms with Crippen LogP contribution in [0.4, 0.5) is 0 Å². The van der Waals surface area contributed by atoms with E-state index in [4.69, 9.17) is 4.74 Å². The van der Waals surface area contributed by atoms with Gasteiger partial charge in [0, 0.05) is 12.8 Å². The average molecular weight is 973 g/mol. The molecule has 0 aromatic carbocycles. The van der Waals surface area contributed by atoms with Gasteiger partial charge in [-0.2, -0.15) is 0 Å². The zero-order valence-corrected chi connectivity index (χ0v) is 46.6. The van der Waals surface area contributed by atoms with Gasteiger partial charge < -0.3 is 20.3 Å². The molecule has 6 nitrogen and oxygen atoms in total. The van der Waals surface area contributed by atoms with Gasteiger partial charge in [-0.3, -0.25) is 9.59 Å². The third kappa shape index (κ3) is 55.5. The second-order valence-electron chi connectivity index (χ2n) is 21.4. The Morgan fingerprint density at radius 3 is 1.14 bits per heavy atom. The second-order valence-corrected chi connectivity index (χ2v) is 21.4. The molecule has 0 aliphatic heterocycles. The molecule has 0 heterocycles. The first-order valence-electron chi connectivity index (χ1n) is 31.1. The zero-order valence-electron chi connectivity index (χ0n) is 46.6. The number of aliphatic hydroxyl groups excluding tert-OH is 2. The van der Waals surface area contributed by atoms with Crippen LogP contribution < -0.4 is 5.32 Å². The number of amides is 1. The topological polar surface area (TPSA) is 95.9 Å². The van der Waals surface area contributed by atoms with E-state index in [2.05, 4.69) is 43.5 Å². The lowest BCUT2D eigenvalue weighted by Gasteiger charge is -2.22. The summed E-state index contributed by atoms with van der Waals surface area (Å²) in [5.41, 5.74) is 0. The normalized spacial score (nSPS) is 12.7. The molecule has 0 saturated heterocycles. The Hall–Kier alpha value is -1.66. The van der Waals surface area contributed by atoms with E-state index in [0.29, 0.717) is 25.9 Å². The van der Waals surface area contributed by atoms with Crippen molar-refractivity contribution in [2.45, 2.75) is 353 Å². The van der Waals surface area contributed by atoms with E-state index in [0.717, 1.165) is 51.4 Å². The highest BCUT2D eigenvalue weighted by atomic mass is 16.5. The van der Waals surface area contributed by atoms with Crippen LogP contribution in [0, 0.1) is 0 Å². The van der Waals surface area contributed by atoms with Gasteiger partial charge >= 0.3 is 5.97 Å². The fraction of sp³-hybridized carbons (Fsp3) is 0.905. The summed E-state index contributed by atoms with van der Waals surface area (Å²) in [5.74, 6) is -0.0286. The quantitative estimate of drug-likeness (QED) is 0.0321. The fourth-order valence-corrected chi connectivity index (χ4v) is 9.72. The van der Waals surface area contributed by atoms with Crippen LogP contribution in [-0.4, -0.2) is 47.4 Å². The molecule has 1 amide bonds. The van der Waals surface area contributed by atoms with Gasteiger partial charge in [-0.1, -0.05) is 301 Å². The van der Waals surface area contributed by atoms with Gasteiger partial charge in [0.05, 0.1) is 25.4 Å². The van der Waals surface area contributed by atoms with Crippen LogP contribution in [-0.2, 0) is 14.3 Å². The molecule has 6 heteroatoms. The molecule has 0 aliphatic rings. The van der Waals surface area contributed by atoms with Crippen LogP contribution in [0.5, 0.6) is 0 Å². The Morgan fingerprint density at radius 1 is 0.406 bits per heavy atom. The van der Waals surface area contributed by atoms with Gasteiger partial charge in [0.2, 0.25) is 5.91 Å². The predicted octanol–water partition coefficient (Wildman–Crippen LogP) is 19.4. The molecule has 0 bridgehead atoms. The Bertz CT molecular complexity index is 1080. The number of esters is 1. The summed E-state index contributed by atoms with van der Waals surface area (Å²) in [6, 6.07) is -0.537. The molecule has 0 saturated carbocycles. The first-order chi connectivity index (χ1) is 34.0. The van der Waals surface area contributed by atoms with E-state index in [1.165, 1.54) is 257 Å². The molecular weight excluding hydrogens is 851 g/mol. The smallest absolute Gasteiger partial charge is 0.305 e. The molecule has 0 spiro atoms. The number of nitrogens with one attached hydrogen (secondary N) is 1. The number of carbonyl (C=O) groups is 2. The Labute approximate surface area is 431 Å². The number of allylic oxidation sites excluding steroid dienone is 4. The predicted molar refractivity (Wildman–Crippen MR) is 301 cm³/mol. The first kappa shape index (κ1) is 67.3. The first-order valence-corrected chi connectivity index (χ1v) is 31.1. The molecular formula is C63H121NO5. The second kappa shape index (κ2) is 58.9. The number of carbonyl (C=O) groups excluding carboxylic acids is 2. The van der Waals surface area contributed by atoms with Crippen LogP contribution in [0.25, 0.3) is 0 Å². The Kier molecular flexibility index (Phi) is 57.5. The molecule has 2 atom stereocenters. The molecule has 69 heavy (non-hydrogen) atoms. The monoisotopic (exact) mass is 972 g/mol. The standard InChI is InChI=1S/C63H121NO5/c1-3-5-7-9-11-13-15-16-33-37-41-45-49-53-57-63(68)69-58-54-50-46-42-38-34-31-29-27-25-23-21-19-17-18-20-22-24-26-28-30-32-36-40-44-48-52-56-62(67)64-60(59-65)61(66)55-51-47-43-39-35-14-12-10-8-6-4-2/h9,11,15-16,60-61,65-66H,3-8,10,12-14,17-59H2,1-2H3,(H,64,67)/b11-9-,16-15-. The highest BCUT2D eigenvalue weighted by Gasteiger charge is 2.20. The van der Waals surface area contributed by atoms with Crippen LogP contribution in [0.2, 0.25) is 0 Å². The van der Waals surface area contributed by atoms with Gasteiger partial charge in [-0.15, -0.1) is 0 Å². The number of hydrogen-bond donors (Lipinski definition) is 3. The van der Waals surface area contributed by atoms with E-state index in [1.807, 2.05) is 0 Å². The lowest BCUT2D eigenvalue weighted by molar-refractivity contribution is -0.143. The molecule has 3 N–H and O–H groups in total. The minimum Gasteiger partial charge on any atom is -0.466 e. The summed E-state index contributed by atoms with van der Waals surface area (Å²) >= 11 is 0. The van der Waals surface area contributed by atoms with Crippen molar-refractivity contribution in [3.63, 3.8) is 0 Å². The van der Waals surface area contributed by atoms with E-state index >= 15 is 0 Å². The Morgan fingerprint density at radius 2 is 0.739 bits per heavy atom. The van der Waals surface area contributed by atoms with E-state index < -0.39 is 12.1 Å². The van der Waals surface area contributed by atoms with Gasteiger partial charge in [0.1, 0.15) is 0 Å². The van der Waals surface area contributed by atoms with Crippen LogP contribution in [0.3, 0.4) is 0 Å². The maximum atomic E-state index is 12.4. The van der Waals surface area contributed by atoms with Crippen LogP contribution >= 0.6 is 0 Å². The average Bonchev–Trinajstić information content (AvgIpc) is 3.35. The summed E-state index contributed by atoms with van der Waals surface area (Å²) in [6.07, 6.45) is 72.0. The fourth-order valence-electron chi connectivity index (χ4n) is 9.72. The SMILES string of the molecule is CCCC/C=C\C/C=C\CCCCCCCC(=O)OCCCCCCCCCCCCCCCCCCCCCCCCCCCCCC(=O)NC(CO)C(O)CCCCCCCCCCCCC. The summed E-state index contributed by atoms with van der Waals surface area (Å²) in [4.78, 5) is 24.5. The minimum absolute atomic E-state index is 0.00355. The number of ether oxygens (including phenoxy) is 1. The van der Waals surface area contributed by atoms with Gasteiger partial charge in [0.15, 0.2) is 0 Å². The third-order valence-corrected chi connectivity index (χ3v) is 14.5. The maximum absolute atomic E-state index is 12.4. The molecule has 0 aliphatic carbocycles. The lowest BCUT2D eigenvalue weighted by Crippen LogP contribution is -2.45. The third-order valence-electron chi connectivity index (χ3n) is 14.5.